The van der Waals surface area contributed by atoms with Crippen LogP contribution >= 0.6 is 7.26 Å². The molecule has 1 fully saturated rings. The SMILES string of the molecule is CCC1(O)CC[P+](C)(Cc2ccccc2)CC1.[O-][Cl+3]([O-])([O-])[O-]. The van der Waals surface area contributed by atoms with Crippen LogP contribution in [0.1, 0.15) is 31.7 Å². The number of hydrogen-bond acceptors (Lipinski definition) is 5. The molecule has 1 saturated heterocycles. The fourth-order valence-corrected chi connectivity index (χ4v) is 6.27. The van der Waals surface area contributed by atoms with Gasteiger partial charge in [-0.2, -0.15) is 0 Å². The summed E-state index contributed by atoms with van der Waals surface area (Å²) in [5.74, 6) is 0. The molecular formula is C15H24ClO5P. The van der Waals surface area contributed by atoms with Gasteiger partial charge in [0.1, 0.15) is 0 Å². The van der Waals surface area contributed by atoms with Crippen molar-refractivity contribution < 1.29 is 34.0 Å². The zero-order chi connectivity index (χ0) is 16.9. The van der Waals surface area contributed by atoms with E-state index >= 15 is 0 Å². The molecule has 0 atom stereocenters. The predicted molar refractivity (Wildman–Crippen MR) is 77.2 cm³/mol. The molecule has 1 aliphatic rings. The second kappa shape index (κ2) is 8.02. The monoisotopic (exact) mass is 350 g/mol. The van der Waals surface area contributed by atoms with Crippen molar-refractivity contribution >= 4 is 7.26 Å². The second-order valence-corrected chi connectivity index (χ2v) is 11.4. The Kier molecular flexibility index (Phi) is 7.21. The minimum Gasteiger partial charge on any atom is -0.390 e. The molecule has 0 saturated carbocycles. The average molecular weight is 351 g/mol. The molecule has 22 heavy (non-hydrogen) atoms. The summed E-state index contributed by atoms with van der Waals surface area (Å²) in [5, 5.41) is 10.3. The molecule has 7 heteroatoms. The summed E-state index contributed by atoms with van der Waals surface area (Å²) in [4.78, 5) is 0. The Labute approximate surface area is 134 Å². The van der Waals surface area contributed by atoms with Gasteiger partial charge in [0.25, 0.3) is 0 Å². The smallest absolute Gasteiger partial charge is 0.0840 e. The van der Waals surface area contributed by atoms with Crippen LogP contribution in [0.3, 0.4) is 0 Å². The normalized spacial score (nSPS) is 28.7. The number of benzene rings is 1. The van der Waals surface area contributed by atoms with Crippen LogP contribution in [-0.2, 0) is 6.16 Å². The van der Waals surface area contributed by atoms with E-state index in [0.717, 1.165) is 19.3 Å². The van der Waals surface area contributed by atoms with Gasteiger partial charge in [-0.15, -0.1) is 10.2 Å². The lowest BCUT2D eigenvalue weighted by molar-refractivity contribution is -2.00. The maximum absolute atomic E-state index is 10.3. The van der Waals surface area contributed by atoms with Gasteiger partial charge in [0, 0.05) is 26.8 Å². The summed E-state index contributed by atoms with van der Waals surface area (Å²) in [6.45, 7) is 4.59. The number of hydrogen-bond donors (Lipinski definition) is 1. The van der Waals surface area contributed by atoms with E-state index in [0.29, 0.717) is 0 Å². The lowest BCUT2D eigenvalue weighted by Crippen LogP contribution is -2.68. The molecule has 1 N–H and O–H groups in total. The molecule has 0 aromatic heterocycles. The quantitative estimate of drug-likeness (QED) is 0.703. The van der Waals surface area contributed by atoms with Gasteiger partial charge < -0.3 is 5.11 Å². The molecule has 5 nitrogen and oxygen atoms in total. The van der Waals surface area contributed by atoms with Crippen LogP contribution in [0.2, 0.25) is 0 Å². The van der Waals surface area contributed by atoms with Crippen LogP contribution < -0.4 is 18.6 Å². The van der Waals surface area contributed by atoms with Gasteiger partial charge >= 0.3 is 0 Å². The third-order valence-corrected chi connectivity index (χ3v) is 8.03. The molecule has 2 rings (SSSR count). The van der Waals surface area contributed by atoms with Gasteiger partial charge in [-0.1, -0.05) is 37.3 Å². The van der Waals surface area contributed by atoms with Crippen molar-refractivity contribution in [3.8, 4) is 0 Å². The molecule has 0 bridgehead atoms. The Morgan fingerprint density at radius 1 is 1.09 bits per heavy atom. The minimum absolute atomic E-state index is 0.351. The standard InChI is InChI=1S/C15H24OP.ClHO4/c1-3-15(16)9-11-17(2,12-10-15)13-14-7-5-4-6-8-14;2-1(3,4)5/h4-8,16H,3,9-13H2,1-2H3;(H,2,3,4,5)/q+1;/p-1. The van der Waals surface area contributed by atoms with Crippen molar-refractivity contribution in [1.29, 1.82) is 0 Å². The Morgan fingerprint density at radius 3 is 1.95 bits per heavy atom. The maximum Gasteiger partial charge on any atom is 0.0840 e. The molecule has 0 radical (unpaired) electrons. The van der Waals surface area contributed by atoms with Crippen LogP contribution in [0.15, 0.2) is 30.3 Å². The fraction of sp³-hybridized carbons (Fsp3) is 0.600. The highest BCUT2D eigenvalue weighted by molar-refractivity contribution is 7.74. The second-order valence-electron chi connectivity index (χ2n) is 6.17. The molecule has 0 aliphatic carbocycles. The maximum atomic E-state index is 10.3. The summed E-state index contributed by atoms with van der Waals surface area (Å²) in [6, 6.07) is 10.8. The summed E-state index contributed by atoms with van der Waals surface area (Å²) in [7, 11) is -5.78. The van der Waals surface area contributed by atoms with E-state index in [9.17, 15) is 5.11 Å². The molecule has 1 heterocycles. The van der Waals surface area contributed by atoms with E-state index in [1.165, 1.54) is 24.0 Å². The van der Waals surface area contributed by atoms with E-state index in [4.69, 9.17) is 18.6 Å². The summed E-state index contributed by atoms with van der Waals surface area (Å²) in [5.41, 5.74) is 1.13. The molecule has 0 amide bonds. The average Bonchev–Trinajstić information content (AvgIpc) is 2.42. The largest absolute Gasteiger partial charge is 0.390 e. The van der Waals surface area contributed by atoms with Gasteiger partial charge in [-0.25, -0.2) is 18.6 Å². The predicted octanol–water partition coefficient (Wildman–Crippen LogP) is -0.987. The number of aliphatic hydroxyl groups is 1. The zero-order valence-electron chi connectivity index (χ0n) is 13.0. The van der Waals surface area contributed by atoms with Gasteiger partial charge in [-0.05, 0) is 12.0 Å². The Bertz CT molecular complexity index is 435. The van der Waals surface area contributed by atoms with Crippen LogP contribution in [0.4, 0.5) is 0 Å². The first-order chi connectivity index (χ1) is 10.1. The van der Waals surface area contributed by atoms with Crippen LogP contribution in [-0.4, -0.2) is 29.7 Å². The van der Waals surface area contributed by atoms with Gasteiger partial charge in [0.15, 0.2) is 0 Å². The van der Waals surface area contributed by atoms with Crippen molar-refractivity contribution in [3.05, 3.63) is 35.9 Å². The third-order valence-electron chi connectivity index (χ3n) is 4.30. The first-order valence-electron chi connectivity index (χ1n) is 7.27. The zero-order valence-corrected chi connectivity index (χ0v) is 14.7. The summed E-state index contributed by atoms with van der Waals surface area (Å²) >= 11 is 0. The van der Waals surface area contributed by atoms with Crippen molar-refractivity contribution in [2.24, 2.45) is 0 Å². The van der Waals surface area contributed by atoms with E-state index in [1.54, 1.807) is 0 Å². The van der Waals surface area contributed by atoms with E-state index in [-0.39, 0.29) is 5.60 Å². The van der Waals surface area contributed by atoms with E-state index < -0.39 is 17.5 Å². The van der Waals surface area contributed by atoms with E-state index in [2.05, 4.69) is 43.9 Å². The molecule has 0 spiro atoms. The number of rotatable bonds is 3. The highest BCUT2D eigenvalue weighted by Crippen LogP contribution is 2.62. The fourth-order valence-electron chi connectivity index (χ4n) is 2.73. The molecule has 1 aliphatic heterocycles. The highest BCUT2D eigenvalue weighted by Gasteiger charge is 2.42. The van der Waals surface area contributed by atoms with Crippen molar-refractivity contribution in [3.63, 3.8) is 0 Å². The Balaban J connectivity index is 0.000000422. The van der Waals surface area contributed by atoms with Crippen LogP contribution in [0.25, 0.3) is 0 Å². The van der Waals surface area contributed by atoms with Gasteiger partial charge in [0.05, 0.1) is 24.1 Å². The molecule has 0 unspecified atom stereocenters. The lowest BCUT2D eigenvalue weighted by Gasteiger charge is -2.37. The first kappa shape index (κ1) is 19.8. The highest BCUT2D eigenvalue weighted by atomic mass is 35.7. The topological polar surface area (TPSA) is 112 Å². The lowest BCUT2D eigenvalue weighted by atomic mass is 9.94. The van der Waals surface area contributed by atoms with Crippen LogP contribution in [0.5, 0.6) is 0 Å². The van der Waals surface area contributed by atoms with Crippen molar-refractivity contribution in [2.75, 3.05) is 19.0 Å². The van der Waals surface area contributed by atoms with E-state index in [1.807, 2.05) is 0 Å². The summed E-state index contributed by atoms with van der Waals surface area (Å²) in [6.07, 6.45) is 6.71. The molecule has 126 valence electrons. The van der Waals surface area contributed by atoms with Crippen molar-refractivity contribution in [1.82, 2.24) is 0 Å². The summed E-state index contributed by atoms with van der Waals surface area (Å²) < 4.78 is 34.0. The molecule has 1 aromatic rings. The Hall–Kier alpha value is -0.260. The molecular weight excluding hydrogens is 327 g/mol. The van der Waals surface area contributed by atoms with Gasteiger partial charge in [0.2, 0.25) is 0 Å². The third kappa shape index (κ3) is 7.84. The minimum atomic E-state index is -4.94. The number of halogens is 1. The van der Waals surface area contributed by atoms with Crippen LogP contribution in [0, 0.1) is 10.2 Å². The molecule has 1 aromatic carbocycles. The Morgan fingerprint density at radius 2 is 1.55 bits per heavy atom. The van der Waals surface area contributed by atoms with Crippen molar-refractivity contribution in [2.45, 2.75) is 37.9 Å². The first-order valence-corrected chi connectivity index (χ1v) is 11.3. The van der Waals surface area contributed by atoms with Gasteiger partial charge in [-0.3, -0.25) is 0 Å².